The molecule has 1 aromatic carbocycles. The molecule has 0 bridgehead atoms. The normalized spacial score (nSPS) is 17.3. The third-order valence-electron chi connectivity index (χ3n) is 3.94. The van der Waals surface area contributed by atoms with Gasteiger partial charge >= 0.3 is 0 Å². The second kappa shape index (κ2) is 10.6. The predicted molar refractivity (Wildman–Crippen MR) is 90.0 cm³/mol. The lowest BCUT2D eigenvalue weighted by Crippen LogP contribution is -2.33. The molecule has 1 unspecified atom stereocenters. The van der Waals surface area contributed by atoms with Crippen molar-refractivity contribution >= 4 is 0 Å². The molecule has 1 fully saturated rings. The zero-order chi connectivity index (χ0) is 15.5. The van der Waals surface area contributed by atoms with Crippen molar-refractivity contribution in [2.45, 2.75) is 31.8 Å². The number of hydrogen-bond acceptors (Lipinski definition) is 4. The molecule has 1 aliphatic rings. The summed E-state index contributed by atoms with van der Waals surface area (Å²) < 4.78 is 5.53. The van der Waals surface area contributed by atoms with E-state index in [1.165, 1.54) is 38.9 Å². The number of nitrogens with zero attached hydrogens (tertiary/aromatic N) is 1. The van der Waals surface area contributed by atoms with E-state index in [0.29, 0.717) is 13.2 Å². The quantitative estimate of drug-likeness (QED) is 0.650. The smallest absolute Gasteiger partial charge is 0.119 e. The molecule has 4 nitrogen and oxygen atoms in total. The molecule has 2 N–H and O–H groups in total. The van der Waals surface area contributed by atoms with Crippen molar-refractivity contribution in [1.29, 1.82) is 0 Å². The van der Waals surface area contributed by atoms with Gasteiger partial charge in [0.15, 0.2) is 0 Å². The molecule has 1 heterocycles. The monoisotopic (exact) mass is 305 g/mol. The molecule has 123 valence electrons. The molecular weight excluding hydrogens is 276 g/mol. The lowest BCUT2D eigenvalue weighted by Gasteiger charge is -2.26. The van der Waals surface area contributed by atoms with Crippen LogP contribution in [0.4, 0.5) is 0 Å². The van der Waals surface area contributed by atoms with Crippen LogP contribution in [-0.2, 0) is 0 Å². The highest BCUT2D eigenvalue weighted by Gasteiger charge is 2.09. The maximum atomic E-state index is 9.87. The summed E-state index contributed by atoms with van der Waals surface area (Å²) >= 11 is 0. The second-order valence-electron chi connectivity index (χ2n) is 5.90. The second-order valence-corrected chi connectivity index (χ2v) is 5.90. The Morgan fingerprint density at radius 3 is 2.68 bits per heavy atom. The number of aliphatic hydroxyl groups is 1. The van der Waals surface area contributed by atoms with Crippen molar-refractivity contribution in [3.05, 3.63) is 36.8 Å². The van der Waals surface area contributed by atoms with Gasteiger partial charge in [0.25, 0.3) is 0 Å². The summed E-state index contributed by atoms with van der Waals surface area (Å²) in [4.78, 5) is 2.54. The Morgan fingerprint density at radius 2 is 1.91 bits per heavy atom. The van der Waals surface area contributed by atoms with Crippen LogP contribution in [0.25, 0.3) is 0 Å². The minimum absolute atomic E-state index is 0.335. The minimum Gasteiger partial charge on any atom is -0.491 e. The van der Waals surface area contributed by atoms with Crippen LogP contribution in [0.1, 0.15) is 25.7 Å². The molecule has 0 spiro atoms. The number of nitrogens with one attached hydrogen (secondary N) is 1. The number of ether oxygens (including phenoxy) is 1. The zero-order valence-electron chi connectivity index (χ0n) is 13.4. The van der Waals surface area contributed by atoms with Gasteiger partial charge in [0.05, 0.1) is 0 Å². The number of rotatable bonds is 10. The van der Waals surface area contributed by atoms with Crippen molar-refractivity contribution in [2.75, 3.05) is 39.3 Å². The van der Waals surface area contributed by atoms with E-state index in [2.05, 4.69) is 16.6 Å². The Morgan fingerprint density at radius 1 is 1.14 bits per heavy atom. The molecule has 1 aliphatic heterocycles. The van der Waals surface area contributed by atoms with E-state index < -0.39 is 6.10 Å². The Bertz CT molecular complexity index is 380. The minimum atomic E-state index is -0.460. The molecule has 4 heteroatoms. The summed E-state index contributed by atoms with van der Waals surface area (Å²) in [6.07, 6.45) is 6.79. The van der Waals surface area contributed by atoms with Crippen molar-refractivity contribution in [2.24, 2.45) is 0 Å². The molecule has 0 aliphatic carbocycles. The summed E-state index contributed by atoms with van der Waals surface area (Å²) in [6, 6.07) is 9.62. The van der Waals surface area contributed by atoms with E-state index >= 15 is 0 Å². The number of benzene rings is 1. The van der Waals surface area contributed by atoms with Crippen molar-refractivity contribution in [1.82, 2.24) is 10.2 Å². The van der Waals surface area contributed by atoms with Gasteiger partial charge in [-0.1, -0.05) is 18.2 Å². The number of aliphatic hydroxyl groups excluding tert-OH is 1. The number of piperidine rings is 1. The maximum Gasteiger partial charge on any atom is 0.119 e. The fourth-order valence-corrected chi connectivity index (χ4v) is 2.65. The molecule has 2 rings (SSSR count). The standard InChI is InChI=1S/C18H29N2O2/c21-17(16-22-18-9-3-1-4-10-18)15-19-11-5-8-14-20-12-6-2-7-13-20/h1-4,9-10,17,19,21H,5-8,11-16H2. The van der Waals surface area contributed by atoms with Gasteiger partial charge in [-0.3, -0.25) is 0 Å². The van der Waals surface area contributed by atoms with Crippen molar-refractivity contribution in [3.63, 3.8) is 0 Å². The lowest BCUT2D eigenvalue weighted by molar-refractivity contribution is 0.106. The first-order valence-electron chi connectivity index (χ1n) is 8.45. The van der Waals surface area contributed by atoms with Gasteiger partial charge in [-0.2, -0.15) is 0 Å². The summed E-state index contributed by atoms with van der Waals surface area (Å²) in [5.74, 6) is 0.806. The summed E-state index contributed by atoms with van der Waals surface area (Å²) in [6.45, 7) is 5.54. The Balaban J connectivity index is 1.42. The zero-order valence-corrected chi connectivity index (χ0v) is 13.4. The van der Waals surface area contributed by atoms with Crippen LogP contribution in [0.15, 0.2) is 30.3 Å². The van der Waals surface area contributed by atoms with Crippen LogP contribution in [0, 0.1) is 6.42 Å². The Hall–Kier alpha value is -1.10. The van der Waals surface area contributed by atoms with Crippen LogP contribution in [0.3, 0.4) is 0 Å². The van der Waals surface area contributed by atoms with Gasteiger partial charge in [-0.25, -0.2) is 0 Å². The van der Waals surface area contributed by atoms with E-state index in [4.69, 9.17) is 4.74 Å². The molecule has 1 radical (unpaired) electrons. The molecule has 0 saturated carbocycles. The van der Waals surface area contributed by atoms with E-state index in [1.54, 1.807) is 0 Å². The first-order chi connectivity index (χ1) is 10.8. The Labute approximate surface area is 134 Å². The number of hydrogen-bond donors (Lipinski definition) is 2. The predicted octanol–water partition coefficient (Wildman–Crippen LogP) is 2.10. The average molecular weight is 305 g/mol. The number of para-hydroxylation sites is 1. The van der Waals surface area contributed by atoms with E-state index in [-0.39, 0.29) is 0 Å². The molecule has 1 aromatic rings. The largest absolute Gasteiger partial charge is 0.491 e. The van der Waals surface area contributed by atoms with E-state index in [1.807, 2.05) is 30.3 Å². The molecule has 22 heavy (non-hydrogen) atoms. The number of unbranched alkanes of at least 4 members (excludes halogenated alkanes) is 1. The third kappa shape index (κ3) is 7.25. The summed E-state index contributed by atoms with van der Waals surface area (Å²) in [5, 5.41) is 13.2. The van der Waals surface area contributed by atoms with Crippen molar-refractivity contribution < 1.29 is 9.84 Å². The highest BCUT2D eigenvalue weighted by atomic mass is 16.5. The van der Waals surface area contributed by atoms with Gasteiger partial charge < -0.3 is 20.1 Å². The topological polar surface area (TPSA) is 44.7 Å². The highest BCUT2D eigenvalue weighted by molar-refractivity contribution is 5.20. The summed E-state index contributed by atoms with van der Waals surface area (Å²) in [5.41, 5.74) is 0. The molecular formula is C18H29N2O2. The fourth-order valence-electron chi connectivity index (χ4n) is 2.65. The molecule has 1 saturated heterocycles. The first kappa shape index (κ1) is 17.3. The van der Waals surface area contributed by atoms with Crippen LogP contribution in [0.5, 0.6) is 5.75 Å². The summed E-state index contributed by atoms with van der Waals surface area (Å²) in [7, 11) is 0. The van der Waals surface area contributed by atoms with Crippen LogP contribution in [0.2, 0.25) is 0 Å². The van der Waals surface area contributed by atoms with Crippen LogP contribution in [-0.4, -0.2) is 55.4 Å². The third-order valence-corrected chi connectivity index (χ3v) is 3.94. The van der Waals surface area contributed by atoms with Crippen LogP contribution < -0.4 is 10.1 Å². The van der Waals surface area contributed by atoms with E-state index in [9.17, 15) is 5.11 Å². The van der Waals surface area contributed by atoms with Gasteiger partial charge in [0.2, 0.25) is 0 Å². The van der Waals surface area contributed by atoms with Crippen molar-refractivity contribution in [3.8, 4) is 5.75 Å². The van der Waals surface area contributed by atoms with Gasteiger partial charge in [0, 0.05) is 6.54 Å². The van der Waals surface area contributed by atoms with Gasteiger partial charge in [-0.05, 0) is 70.4 Å². The number of likely N-dealkylation sites (tertiary alicyclic amines) is 1. The van der Waals surface area contributed by atoms with Gasteiger partial charge in [0.1, 0.15) is 18.5 Å². The highest BCUT2D eigenvalue weighted by Crippen LogP contribution is 2.09. The molecule has 1 atom stereocenters. The molecule has 0 aromatic heterocycles. The van der Waals surface area contributed by atoms with Gasteiger partial charge in [-0.15, -0.1) is 0 Å². The molecule has 0 amide bonds. The SMILES string of the molecule is OC(CNCCCCN1CC[CH]CC1)COc1ccccc1. The van der Waals surface area contributed by atoms with Crippen LogP contribution >= 0.6 is 0 Å². The average Bonchev–Trinajstić information content (AvgIpc) is 2.58. The maximum absolute atomic E-state index is 9.87. The van der Waals surface area contributed by atoms with E-state index in [0.717, 1.165) is 18.7 Å². The lowest BCUT2D eigenvalue weighted by atomic mass is 10.1. The Kier molecular flexibility index (Phi) is 8.31. The fraction of sp³-hybridized carbons (Fsp3) is 0.611. The first-order valence-corrected chi connectivity index (χ1v) is 8.45.